The maximum Gasteiger partial charge on any atom is 0.227 e. The van der Waals surface area contributed by atoms with Crippen LogP contribution in [-0.4, -0.2) is 36.6 Å². The van der Waals surface area contributed by atoms with Crippen LogP contribution in [-0.2, 0) is 4.79 Å². The van der Waals surface area contributed by atoms with E-state index >= 15 is 0 Å². The topological polar surface area (TPSA) is 107 Å². The van der Waals surface area contributed by atoms with Crippen LogP contribution in [0.15, 0.2) is 18.2 Å². The number of fused-ring (bicyclic) bond motifs is 1. The maximum atomic E-state index is 10.7. The number of anilines is 2. The fourth-order valence-electron chi connectivity index (χ4n) is 2.40. The summed E-state index contributed by atoms with van der Waals surface area (Å²) in [5.74, 6) is 1.42. The van der Waals surface area contributed by atoms with Gasteiger partial charge in [-0.05, 0) is 25.0 Å². The molecule has 0 unspecified atom stereocenters. The second-order valence-corrected chi connectivity index (χ2v) is 5.46. The molecule has 0 aliphatic heterocycles. The Morgan fingerprint density at radius 2 is 2.04 bits per heavy atom. The highest BCUT2D eigenvalue weighted by molar-refractivity contribution is 5.93. The van der Waals surface area contributed by atoms with Gasteiger partial charge in [0.1, 0.15) is 17.1 Å². The molecule has 0 aliphatic rings. The number of unbranched alkanes of at least 4 members (excludes halogenated alkanes) is 2. The third-order valence-corrected chi connectivity index (χ3v) is 3.69. The molecule has 1 aromatic heterocycles. The quantitative estimate of drug-likeness (QED) is 0.718. The van der Waals surface area contributed by atoms with E-state index in [1.54, 1.807) is 7.11 Å². The van der Waals surface area contributed by atoms with E-state index in [1.165, 1.54) is 0 Å². The van der Waals surface area contributed by atoms with E-state index in [4.69, 9.17) is 16.2 Å². The van der Waals surface area contributed by atoms with Crippen molar-refractivity contribution in [2.75, 3.05) is 31.3 Å². The first-order valence-corrected chi connectivity index (χ1v) is 7.62. The Hall–Kier alpha value is -2.57. The van der Waals surface area contributed by atoms with Crippen molar-refractivity contribution in [2.45, 2.75) is 25.7 Å². The van der Waals surface area contributed by atoms with E-state index < -0.39 is 0 Å². The van der Waals surface area contributed by atoms with Gasteiger partial charge in [0.2, 0.25) is 11.9 Å². The third kappa shape index (κ3) is 4.21. The lowest BCUT2D eigenvalue weighted by atomic mass is 10.2. The van der Waals surface area contributed by atoms with Crippen LogP contribution in [0.25, 0.3) is 10.9 Å². The zero-order valence-electron chi connectivity index (χ0n) is 13.6. The smallest absolute Gasteiger partial charge is 0.227 e. The van der Waals surface area contributed by atoms with E-state index in [0.29, 0.717) is 29.5 Å². The van der Waals surface area contributed by atoms with Crippen LogP contribution >= 0.6 is 0 Å². The Balaban J connectivity index is 2.08. The highest BCUT2D eigenvalue weighted by atomic mass is 16.5. The van der Waals surface area contributed by atoms with Crippen LogP contribution in [0.4, 0.5) is 11.8 Å². The maximum absolute atomic E-state index is 10.7. The summed E-state index contributed by atoms with van der Waals surface area (Å²) in [7, 11) is 3.53. The van der Waals surface area contributed by atoms with E-state index in [0.717, 1.165) is 31.2 Å². The van der Waals surface area contributed by atoms with E-state index in [2.05, 4.69) is 9.97 Å². The summed E-state index contributed by atoms with van der Waals surface area (Å²) < 4.78 is 5.34. The SMILES string of the molecule is COc1cccc2c(N)nc(N(C)CCCCCC(N)=O)nc12. The molecule has 7 heteroatoms. The molecule has 0 saturated heterocycles. The standard InChI is InChI=1S/C16H23N5O2/c1-21(10-5-3-4-9-13(17)22)16-19-14-11(15(18)20-16)7-6-8-12(14)23-2/h6-8H,3-5,9-10H2,1-2H3,(H2,17,22)(H2,18,19,20). The molecule has 0 atom stereocenters. The van der Waals surface area contributed by atoms with E-state index in [9.17, 15) is 4.79 Å². The number of nitrogens with zero attached hydrogens (tertiary/aromatic N) is 3. The minimum absolute atomic E-state index is 0.254. The highest BCUT2D eigenvalue weighted by Gasteiger charge is 2.12. The summed E-state index contributed by atoms with van der Waals surface area (Å²) in [6.07, 6.45) is 3.09. The van der Waals surface area contributed by atoms with Crippen molar-refractivity contribution in [2.24, 2.45) is 5.73 Å². The Labute approximate surface area is 135 Å². The van der Waals surface area contributed by atoms with Gasteiger partial charge in [-0.25, -0.2) is 4.98 Å². The summed E-state index contributed by atoms with van der Waals surface area (Å²) in [5.41, 5.74) is 11.9. The Morgan fingerprint density at radius 3 is 2.74 bits per heavy atom. The summed E-state index contributed by atoms with van der Waals surface area (Å²) in [5, 5.41) is 0.781. The van der Waals surface area contributed by atoms with Gasteiger partial charge in [0.15, 0.2) is 0 Å². The van der Waals surface area contributed by atoms with Crippen molar-refractivity contribution in [1.82, 2.24) is 9.97 Å². The number of amides is 1. The number of hydrogen-bond acceptors (Lipinski definition) is 6. The van der Waals surface area contributed by atoms with Gasteiger partial charge in [-0.2, -0.15) is 4.98 Å². The molecule has 1 aromatic carbocycles. The zero-order valence-corrected chi connectivity index (χ0v) is 13.6. The molecule has 124 valence electrons. The molecule has 4 N–H and O–H groups in total. The molecule has 7 nitrogen and oxygen atoms in total. The second-order valence-electron chi connectivity index (χ2n) is 5.46. The Bertz CT molecular complexity index is 689. The van der Waals surface area contributed by atoms with Crippen LogP contribution < -0.4 is 21.1 Å². The number of primary amides is 1. The van der Waals surface area contributed by atoms with Crippen LogP contribution in [0.5, 0.6) is 5.75 Å². The number of para-hydroxylation sites is 1. The Kier molecular flexibility index (Phi) is 5.56. The first kappa shape index (κ1) is 16.8. The van der Waals surface area contributed by atoms with Crippen molar-refractivity contribution in [1.29, 1.82) is 0 Å². The summed E-state index contributed by atoms with van der Waals surface area (Å²) in [4.78, 5) is 21.6. The molecule has 23 heavy (non-hydrogen) atoms. The number of ether oxygens (including phenoxy) is 1. The number of carbonyl (C=O) groups excluding carboxylic acids is 1. The fraction of sp³-hybridized carbons (Fsp3) is 0.438. The highest BCUT2D eigenvalue weighted by Crippen LogP contribution is 2.28. The lowest BCUT2D eigenvalue weighted by Gasteiger charge is -2.18. The fourth-order valence-corrected chi connectivity index (χ4v) is 2.40. The van der Waals surface area contributed by atoms with E-state index in [1.807, 2.05) is 30.1 Å². The number of nitrogen functional groups attached to an aromatic ring is 1. The number of nitrogens with two attached hydrogens (primary N) is 2. The van der Waals surface area contributed by atoms with Crippen molar-refractivity contribution >= 4 is 28.6 Å². The van der Waals surface area contributed by atoms with Crippen LogP contribution in [0.2, 0.25) is 0 Å². The molecule has 2 aromatic rings. The number of benzene rings is 1. The summed E-state index contributed by atoms with van der Waals surface area (Å²) >= 11 is 0. The lowest BCUT2D eigenvalue weighted by molar-refractivity contribution is -0.118. The predicted molar refractivity (Wildman–Crippen MR) is 91.4 cm³/mol. The number of carbonyl (C=O) groups is 1. The molecule has 1 heterocycles. The molecule has 1 amide bonds. The van der Waals surface area contributed by atoms with Crippen LogP contribution in [0.3, 0.4) is 0 Å². The largest absolute Gasteiger partial charge is 0.494 e. The second kappa shape index (κ2) is 7.62. The van der Waals surface area contributed by atoms with Gasteiger partial charge in [0.25, 0.3) is 0 Å². The molecule has 2 rings (SSSR count). The van der Waals surface area contributed by atoms with Gasteiger partial charge in [0, 0.05) is 25.4 Å². The number of rotatable bonds is 8. The number of hydrogen-bond donors (Lipinski definition) is 2. The molecule has 0 spiro atoms. The Morgan fingerprint density at radius 1 is 1.26 bits per heavy atom. The van der Waals surface area contributed by atoms with Crippen LogP contribution in [0, 0.1) is 0 Å². The van der Waals surface area contributed by atoms with Crippen molar-refractivity contribution in [3.05, 3.63) is 18.2 Å². The van der Waals surface area contributed by atoms with Gasteiger partial charge in [0.05, 0.1) is 7.11 Å². The zero-order chi connectivity index (χ0) is 16.8. The summed E-state index contributed by atoms with van der Waals surface area (Å²) in [6, 6.07) is 5.59. The van der Waals surface area contributed by atoms with Gasteiger partial charge < -0.3 is 21.1 Å². The summed E-state index contributed by atoms with van der Waals surface area (Å²) in [6.45, 7) is 0.777. The molecule has 0 saturated carbocycles. The number of aromatic nitrogens is 2. The lowest BCUT2D eigenvalue weighted by Crippen LogP contribution is -2.21. The molecular weight excluding hydrogens is 294 g/mol. The average molecular weight is 317 g/mol. The molecule has 0 radical (unpaired) electrons. The van der Waals surface area contributed by atoms with Gasteiger partial charge in [-0.15, -0.1) is 0 Å². The molecular formula is C16H23N5O2. The normalized spacial score (nSPS) is 10.7. The van der Waals surface area contributed by atoms with Crippen molar-refractivity contribution in [3.63, 3.8) is 0 Å². The van der Waals surface area contributed by atoms with Gasteiger partial charge in [-0.1, -0.05) is 12.5 Å². The van der Waals surface area contributed by atoms with Gasteiger partial charge in [-0.3, -0.25) is 4.79 Å². The van der Waals surface area contributed by atoms with E-state index in [-0.39, 0.29) is 5.91 Å². The monoisotopic (exact) mass is 317 g/mol. The first-order valence-electron chi connectivity index (χ1n) is 7.62. The molecule has 0 aliphatic carbocycles. The average Bonchev–Trinajstić information content (AvgIpc) is 2.53. The first-order chi connectivity index (χ1) is 11.0. The van der Waals surface area contributed by atoms with Crippen molar-refractivity contribution < 1.29 is 9.53 Å². The minimum Gasteiger partial charge on any atom is -0.494 e. The van der Waals surface area contributed by atoms with Crippen LogP contribution in [0.1, 0.15) is 25.7 Å². The number of methoxy groups -OCH3 is 1. The molecule has 0 fully saturated rings. The molecule has 0 bridgehead atoms. The third-order valence-electron chi connectivity index (χ3n) is 3.69. The minimum atomic E-state index is -0.254. The predicted octanol–water partition coefficient (Wildman–Crippen LogP) is 1.70. The van der Waals surface area contributed by atoms with Gasteiger partial charge >= 0.3 is 0 Å². The van der Waals surface area contributed by atoms with Crippen molar-refractivity contribution in [3.8, 4) is 5.75 Å².